The average molecular weight is 249 g/mol. The zero-order valence-corrected chi connectivity index (χ0v) is 9.73. The molecular formula is C13H10FO2S. The summed E-state index contributed by atoms with van der Waals surface area (Å²) in [5.41, 5.74) is 0.611. The normalized spacial score (nSPS) is 12.6. The van der Waals surface area contributed by atoms with Crippen LogP contribution in [0, 0.1) is 11.9 Å². The van der Waals surface area contributed by atoms with Gasteiger partial charge in [-0.05, 0) is 17.7 Å². The summed E-state index contributed by atoms with van der Waals surface area (Å²) in [7, 11) is -2.80. The van der Waals surface area contributed by atoms with Crippen LogP contribution in [0.1, 0.15) is 16.4 Å². The molecule has 0 bridgehead atoms. The molecule has 1 radical (unpaired) electrons. The van der Waals surface area contributed by atoms with Crippen LogP contribution in [0.2, 0.25) is 0 Å². The van der Waals surface area contributed by atoms with Crippen LogP contribution in [-0.2, 0) is 10.7 Å². The van der Waals surface area contributed by atoms with Gasteiger partial charge in [-0.1, -0.05) is 42.5 Å². The predicted molar refractivity (Wildman–Crippen MR) is 63.8 cm³/mol. The summed E-state index contributed by atoms with van der Waals surface area (Å²) in [6.07, 6.45) is 0. The second-order valence-corrected chi connectivity index (χ2v) is 4.61. The van der Waals surface area contributed by atoms with Crippen molar-refractivity contribution in [2.45, 2.75) is 5.25 Å². The van der Waals surface area contributed by atoms with Gasteiger partial charge in [0.2, 0.25) is 0 Å². The van der Waals surface area contributed by atoms with Crippen molar-refractivity contribution in [3.05, 3.63) is 71.5 Å². The monoisotopic (exact) mass is 249 g/mol. The fourth-order valence-electron chi connectivity index (χ4n) is 1.67. The lowest BCUT2D eigenvalue weighted by molar-refractivity contribution is 0.592. The van der Waals surface area contributed by atoms with E-state index in [1.54, 1.807) is 30.3 Å². The molecule has 87 valence electrons. The molecule has 1 unspecified atom stereocenters. The van der Waals surface area contributed by atoms with Gasteiger partial charge >= 0.3 is 0 Å². The first-order chi connectivity index (χ1) is 8.20. The fraction of sp³-hybridized carbons (Fsp3) is 0.0769. The van der Waals surface area contributed by atoms with E-state index in [4.69, 9.17) is 0 Å². The Bertz CT molecular complexity index is 571. The van der Waals surface area contributed by atoms with Crippen molar-refractivity contribution in [1.29, 1.82) is 0 Å². The van der Waals surface area contributed by atoms with E-state index in [-0.39, 0.29) is 5.56 Å². The van der Waals surface area contributed by atoms with Gasteiger partial charge in [0.15, 0.2) is 10.7 Å². The van der Waals surface area contributed by atoms with Gasteiger partial charge in [-0.2, -0.15) is 0 Å². The van der Waals surface area contributed by atoms with Gasteiger partial charge < -0.3 is 0 Å². The van der Waals surface area contributed by atoms with Gasteiger partial charge in [0.1, 0.15) is 11.1 Å². The largest absolute Gasteiger partial charge is 0.231 e. The van der Waals surface area contributed by atoms with Crippen LogP contribution < -0.4 is 0 Å². The Labute approximate surface area is 101 Å². The van der Waals surface area contributed by atoms with E-state index in [9.17, 15) is 12.8 Å². The van der Waals surface area contributed by atoms with Gasteiger partial charge in [0, 0.05) is 5.56 Å². The van der Waals surface area contributed by atoms with E-state index in [0.29, 0.717) is 5.56 Å². The quantitative estimate of drug-likeness (QED) is 0.847. The van der Waals surface area contributed by atoms with Crippen molar-refractivity contribution < 1.29 is 12.8 Å². The zero-order valence-electron chi connectivity index (χ0n) is 8.84. The van der Waals surface area contributed by atoms with E-state index in [0.717, 1.165) is 0 Å². The SMILES string of the molecule is O=[SH](=O)C(c1[c]cccc1)c1ccccc1F. The average Bonchev–Trinajstić information content (AvgIpc) is 2.33. The molecule has 0 amide bonds. The number of hydrogen-bond acceptors (Lipinski definition) is 2. The summed E-state index contributed by atoms with van der Waals surface area (Å²) in [6, 6.07) is 15.4. The molecule has 2 aromatic carbocycles. The zero-order chi connectivity index (χ0) is 12.3. The number of benzene rings is 2. The summed E-state index contributed by atoms with van der Waals surface area (Å²) < 4.78 is 36.2. The highest BCUT2D eigenvalue weighted by atomic mass is 32.2. The molecule has 0 saturated heterocycles. The second-order valence-electron chi connectivity index (χ2n) is 3.53. The molecule has 0 aliphatic rings. The van der Waals surface area contributed by atoms with E-state index >= 15 is 0 Å². The van der Waals surface area contributed by atoms with Gasteiger partial charge in [-0.25, -0.2) is 12.8 Å². The first-order valence-corrected chi connectivity index (χ1v) is 6.29. The van der Waals surface area contributed by atoms with Gasteiger partial charge in [0.25, 0.3) is 0 Å². The predicted octanol–water partition coefficient (Wildman–Crippen LogP) is 2.33. The van der Waals surface area contributed by atoms with E-state index in [2.05, 4.69) is 6.07 Å². The van der Waals surface area contributed by atoms with Crippen LogP contribution in [0.4, 0.5) is 4.39 Å². The highest BCUT2D eigenvalue weighted by Crippen LogP contribution is 2.26. The molecular weight excluding hydrogens is 239 g/mol. The number of thiol groups is 1. The third-order valence-electron chi connectivity index (χ3n) is 2.44. The topological polar surface area (TPSA) is 34.1 Å². The smallest absolute Gasteiger partial charge is 0.151 e. The maximum Gasteiger partial charge on any atom is 0.151 e. The van der Waals surface area contributed by atoms with E-state index in [1.807, 2.05) is 0 Å². The van der Waals surface area contributed by atoms with Gasteiger partial charge in [-0.15, -0.1) is 0 Å². The maximum absolute atomic E-state index is 13.6. The lowest BCUT2D eigenvalue weighted by Crippen LogP contribution is -2.05. The molecule has 1 atom stereocenters. The summed E-state index contributed by atoms with van der Waals surface area (Å²) >= 11 is 0. The van der Waals surface area contributed by atoms with Crippen molar-refractivity contribution >= 4 is 10.7 Å². The standard InChI is InChI=1S/C13H10FO2S/c14-12-9-5-4-8-11(12)13(17(15)16)10-6-2-1-3-7-10/h1-6,8-9,13,17H. The first kappa shape index (κ1) is 11.8. The van der Waals surface area contributed by atoms with Crippen LogP contribution in [0.5, 0.6) is 0 Å². The van der Waals surface area contributed by atoms with Gasteiger partial charge in [0.05, 0.1) is 0 Å². The van der Waals surface area contributed by atoms with Crippen LogP contribution >= 0.6 is 0 Å². The number of rotatable bonds is 3. The molecule has 17 heavy (non-hydrogen) atoms. The van der Waals surface area contributed by atoms with Crippen LogP contribution in [-0.4, -0.2) is 8.42 Å². The van der Waals surface area contributed by atoms with Crippen molar-refractivity contribution in [3.63, 3.8) is 0 Å². The Hall–Kier alpha value is -1.68. The first-order valence-electron chi connectivity index (χ1n) is 5.04. The summed E-state index contributed by atoms with van der Waals surface area (Å²) in [5, 5.41) is -0.979. The molecule has 0 fully saturated rings. The van der Waals surface area contributed by atoms with Crippen molar-refractivity contribution in [3.8, 4) is 0 Å². The Morgan fingerprint density at radius 2 is 1.76 bits per heavy atom. The molecule has 0 aliphatic carbocycles. The summed E-state index contributed by atoms with van der Waals surface area (Å²) in [6.45, 7) is 0. The third-order valence-corrected chi connectivity index (χ3v) is 3.42. The minimum Gasteiger partial charge on any atom is -0.231 e. The van der Waals surface area contributed by atoms with Crippen molar-refractivity contribution in [1.82, 2.24) is 0 Å². The molecule has 2 aromatic rings. The van der Waals surface area contributed by atoms with Crippen molar-refractivity contribution in [2.24, 2.45) is 0 Å². The molecule has 0 N–H and O–H groups in total. The lowest BCUT2D eigenvalue weighted by Gasteiger charge is -2.11. The minimum absolute atomic E-state index is 0.158. The van der Waals surface area contributed by atoms with Crippen LogP contribution in [0.15, 0.2) is 48.5 Å². The van der Waals surface area contributed by atoms with Crippen LogP contribution in [0.25, 0.3) is 0 Å². The Morgan fingerprint density at radius 1 is 1.06 bits per heavy atom. The lowest BCUT2D eigenvalue weighted by atomic mass is 10.0. The van der Waals surface area contributed by atoms with E-state index in [1.165, 1.54) is 18.2 Å². The maximum atomic E-state index is 13.6. The molecule has 4 heteroatoms. The molecule has 0 spiro atoms. The molecule has 0 heterocycles. The highest BCUT2D eigenvalue weighted by molar-refractivity contribution is 7.73. The molecule has 2 nitrogen and oxygen atoms in total. The van der Waals surface area contributed by atoms with E-state index < -0.39 is 21.8 Å². The van der Waals surface area contributed by atoms with Crippen LogP contribution in [0.3, 0.4) is 0 Å². The Kier molecular flexibility index (Phi) is 3.54. The molecule has 0 saturated carbocycles. The number of hydrogen-bond donors (Lipinski definition) is 1. The van der Waals surface area contributed by atoms with Gasteiger partial charge in [-0.3, -0.25) is 0 Å². The molecule has 0 aliphatic heterocycles. The molecule has 2 rings (SSSR count). The Morgan fingerprint density at radius 3 is 2.35 bits per heavy atom. The Balaban J connectivity index is 2.55. The summed E-state index contributed by atoms with van der Waals surface area (Å²) in [4.78, 5) is 0. The van der Waals surface area contributed by atoms with Crippen molar-refractivity contribution in [2.75, 3.05) is 0 Å². The fourth-order valence-corrected chi connectivity index (χ4v) is 2.49. The second kappa shape index (κ2) is 5.10. The summed E-state index contributed by atoms with van der Waals surface area (Å²) in [5.74, 6) is -0.519. The highest BCUT2D eigenvalue weighted by Gasteiger charge is 2.20. The minimum atomic E-state index is -2.80. The third kappa shape index (κ3) is 2.53. The molecule has 0 aromatic heterocycles. The number of halogens is 1.